The lowest BCUT2D eigenvalue weighted by molar-refractivity contribution is -0.150. The van der Waals surface area contributed by atoms with Crippen LogP contribution in [0.25, 0.3) is 0 Å². The normalized spacial score (nSPS) is 10.5. The number of nitrogens with zero attached hydrogens (tertiary/aromatic N) is 1. The number of halogens is 1. The van der Waals surface area contributed by atoms with Crippen LogP contribution in [0.1, 0.15) is 11.1 Å². The first-order chi connectivity index (χ1) is 11.2. The van der Waals surface area contributed by atoms with Gasteiger partial charge in [-0.15, -0.1) is 0 Å². The van der Waals surface area contributed by atoms with Crippen LogP contribution in [0.2, 0.25) is 5.02 Å². The van der Waals surface area contributed by atoms with E-state index in [0.29, 0.717) is 5.02 Å². The summed E-state index contributed by atoms with van der Waals surface area (Å²) >= 11 is 5.97. The number of carbonyl (C=O) groups is 1. The Labute approximate surface area is 139 Å². The Morgan fingerprint density at radius 2 is 1.91 bits per heavy atom. The maximum atomic E-state index is 11.5. The highest BCUT2D eigenvalue weighted by molar-refractivity contribution is 6.31. The fourth-order valence-corrected chi connectivity index (χ4v) is 1.88. The van der Waals surface area contributed by atoms with Crippen LogP contribution >= 0.6 is 11.6 Å². The van der Waals surface area contributed by atoms with Gasteiger partial charge in [-0.1, -0.05) is 35.0 Å². The SMILES string of the molecule is COc1ccc(/C=N/OCC(=O)OCc2ccccc2Cl)cc1. The average Bonchev–Trinajstić information content (AvgIpc) is 2.58. The molecule has 0 fully saturated rings. The molecule has 5 nitrogen and oxygen atoms in total. The Morgan fingerprint density at radius 3 is 2.61 bits per heavy atom. The molecule has 0 unspecified atom stereocenters. The molecule has 0 atom stereocenters. The molecule has 23 heavy (non-hydrogen) atoms. The minimum atomic E-state index is -0.517. The predicted octanol–water partition coefficient (Wildman–Crippen LogP) is 3.44. The Kier molecular flexibility index (Phi) is 6.44. The number of oxime groups is 1. The first-order valence-corrected chi connectivity index (χ1v) is 7.25. The lowest BCUT2D eigenvalue weighted by Gasteiger charge is -2.05. The van der Waals surface area contributed by atoms with E-state index in [0.717, 1.165) is 16.9 Å². The maximum Gasteiger partial charge on any atom is 0.347 e. The monoisotopic (exact) mass is 333 g/mol. The summed E-state index contributed by atoms with van der Waals surface area (Å²) in [5, 5.41) is 4.27. The fourth-order valence-electron chi connectivity index (χ4n) is 1.69. The van der Waals surface area contributed by atoms with E-state index in [2.05, 4.69) is 5.16 Å². The minimum absolute atomic E-state index is 0.101. The van der Waals surface area contributed by atoms with Crippen molar-refractivity contribution in [1.82, 2.24) is 0 Å². The quantitative estimate of drug-likeness (QED) is 0.442. The van der Waals surface area contributed by atoms with Crippen LogP contribution in [0.5, 0.6) is 5.75 Å². The van der Waals surface area contributed by atoms with Crippen LogP contribution in [-0.4, -0.2) is 25.9 Å². The van der Waals surface area contributed by atoms with E-state index < -0.39 is 5.97 Å². The van der Waals surface area contributed by atoms with Crippen molar-refractivity contribution >= 4 is 23.8 Å². The van der Waals surface area contributed by atoms with Gasteiger partial charge in [0.25, 0.3) is 0 Å². The van der Waals surface area contributed by atoms with Gasteiger partial charge in [0.1, 0.15) is 12.4 Å². The molecule has 2 rings (SSSR count). The molecular formula is C17H16ClNO4. The van der Waals surface area contributed by atoms with Crippen molar-refractivity contribution in [3.05, 3.63) is 64.7 Å². The second-order valence-electron chi connectivity index (χ2n) is 4.53. The summed E-state index contributed by atoms with van der Waals surface area (Å²) in [6.07, 6.45) is 1.50. The second kappa shape index (κ2) is 8.80. The third-order valence-corrected chi connectivity index (χ3v) is 3.29. The van der Waals surface area contributed by atoms with Gasteiger partial charge >= 0.3 is 5.97 Å². The third-order valence-electron chi connectivity index (χ3n) is 2.92. The zero-order chi connectivity index (χ0) is 16.5. The van der Waals surface area contributed by atoms with Crippen LogP contribution in [0.15, 0.2) is 53.7 Å². The van der Waals surface area contributed by atoms with Crippen LogP contribution in [0, 0.1) is 0 Å². The second-order valence-corrected chi connectivity index (χ2v) is 4.94. The molecule has 0 aliphatic heterocycles. The highest BCUT2D eigenvalue weighted by Gasteiger charge is 2.05. The summed E-state index contributed by atoms with van der Waals surface area (Å²) < 4.78 is 10.1. The van der Waals surface area contributed by atoms with Crippen LogP contribution in [-0.2, 0) is 21.0 Å². The van der Waals surface area contributed by atoms with Gasteiger partial charge in [0.15, 0.2) is 0 Å². The van der Waals surface area contributed by atoms with E-state index in [9.17, 15) is 4.79 Å². The van der Waals surface area contributed by atoms with E-state index in [4.69, 9.17) is 25.9 Å². The molecule has 0 bridgehead atoms. The van der Waals surface area contributed by atoms with E-state index >= 15 is 0 Å². The molecule has 2 aromatic rings. The third kappa shape index (κ3) is 5.64. The molecule has 0 N–H and O–H groups in total. The molecule has 0 saturated heterocycles. The smallest absolute Gasteiger partial charge is 0.347 e. The maximum absolute atomic E-state index is 11.5. The first kappa shape index (κ1) is 16.8. The van der Waals surface area contributed by atoms with Crippen molar-refractivity contribution in [1.29, 1.82) is 0 Å². The van der Waals surface area contributed by atoms with Gasteiger partial charge in [-0.2, -0.15) is 0 Å². The number of methoxy groups -OCH3 is 1. The average molecular weight is 334 g/mol. The summed E-state index contributed by atoms with van der Waals surface area (Å²) in [6, 6.07) is 14.4. The van der Waals surface area contributed by atoms with E-state index in [1.165, 1.54) is 6.21 Å². The van der Waals surface area contributed by atoms with Crippen molar-refractivity contribution in [2.75, 3.05) is 13.7 Å². The Balaban J connectivity index is 1.72. The van der Waals surface area contributed by atoms with E-state index in [1.54, 1.807) is 31.4 Å². The number of carbonyl (C=O) groups excluding carboxylic acids is 1. The molecular weight excluding hydrogens is 318 g/mol. The Bertz CT molecular complexity index is 671. The van der Waals surface area contributed by atoms with Crippen molar-refractivity contribution in [3.8, 4) is 5.75 Å². The van der Waals surface area contributed by atoms with Crippen LogP contribution < -0.4 is 4.74 Å². The van der Waals surface area contributed by atoms with Crippen LogP contribution in [0.3, 0.4) is 0 Å². The molecule has 0 aliphatic rings. The summed E-state index contributed by atoms with van der Waals surface area (Å²) in [6.45, 7) is -0.166. The largest absolute Gasteiger partial charge is 0.497 e. The van der Waals surface area contributed by atoms with Crippen molar-refractivity contribution in [2.45, 2.75) is 6.61 Å². The lowest BCUT2D eigenvalue weighted by atomic mass is 10.2. The zero-order valence-electron chi connectivity index (χ0n) is 12.6. The first-order valence-electron chi connectivity index (χ1n) is 6.87. The number of benzene rings is 2. The molecule has 0 amide bonds. The number of hydrogen-bond donors (Lipinski definition) is 0. The number of hydrogen-bond acceptors (Lipinski definition) is 5. The number of ether oxygens (including phenoxy) is 2. The molecule has 6 heteroatoms. The van der Waals surface area contributed by atoms with Crippen molar-refractivity contribution in [2.24, 2.45) is 5.16 Å². The molecule has 120 valence electrons. The summed E-state index contributed by atoms with van der Waals surface area (Å²) in [5.74, 6) is 0.239. The molecule has 0 aliphatic carbocycles. The Morgan fingerprint density at radius 1 is 1.17 bits per heavy atom. The van der Waals surface area contributed by atoms with Crippen molar-refractivity contribution < 1.29 is 19.1 Å². The summed E-state index contributed by atoms with van der Waals surface area (Å²) in [4.78, 5) is 16.4. The zero-order valence-corrected chi connectivity index (χ0v) is 13.3. The minimum Gasteiger partial charge on any atom is -0.497 e. The number of rotatable bonds is 7. The van der Waals surface area contributed by atoms with E-state index in [1.807, 2.05) is 24.3 Å². The van der Waals surface area contributed by atoms with Gasteiger partial charge in [0.05, 0.1) is 13.3 Å². The highest BCUT2D eigenvalue weighted by Crippen LogP contribution is 2.15. The van der Waals surface area contributed by atoms with Gasteiger partial charge in [0, 0.05) is 10.6 Å². The molecule has 0 heterocycles. The van der Waals surface area contributed by atoms with Gasteiger partial charge in [-0.05, 0) is 35.9 Å². The van der Waals surface area contributed by atoms with Crippen LogP contribution in [0.4, 0.5) is 0 Å². The fraction of sp³-hybridized carbons (Fsp3) is 0.176. The lowest BCUT2D eigenvalue weighted by Crippen LogP contribution is -2.11. The van der Waals surface area contributed by atoms with Gasteiger partial charge in [-0.3, -0.25) is 0 Å². The Hall–Kier alpha value is -2.53. The molecule has 0 spiro atoms. The molecule has 0 saturated carbocycles. The number of esters is 1. The van der Waals surface area contributed by atoms with E-state index in [-0.39, 0.29) is 13.2 Å². The van der Waals surface area contributed by atoms with Gasteiger partial charge in [-0.25, -0.2) is 4.79 Å². The van der Waals surface area contributed by atoms with Crippen molar-refractivity contribution in [3.63, 3.8) is 0 Å². The highest BCUT2D eigenvalue weighted by atomic mass is 35.5. The predicted molar refractivity (Wildman–Crippen MR) is 87.8 cm³/mol. The molecule has 2 aromatic carbocycles. The van der Waals surface area contributed by atoms with Gasteiger partial charge < -0.3 is 14.3 Å². The van der Waals surface area contributed by atoms with Gasteiger partial charge in [0.2, 0.25) is 6.61 Å². The summed E-state index contributed by atoms with van der Waals surface area (Å²) in [5.41, 5.74) is 1.57. The topological polar surface area (TPSA) is 57.1 Å². The summed E-state index contributed by atoms with van der Waals surface area (Å²) in [7, 11) is 1.60. The molecule has 0 radical (unpaired) electrons. The molecule has 0 aromatic heterocycles. The standard InChI is InChI=1S/C17H16ClNO4/c1-21-15-8-6-13(7-9-15)10-19-23-12-17(20)22-11-14-4-2-3-5-16(14)18/h2-10H,11-12H2,1H3/b19-10+.